The first-order valence-corrected chi connectivity index (χ1v) is 12.3. The maximum absolute atomic E-state index is 13.1. The minimum atomic E-state index is -3.77. The molecule has 0 saturated carbocycles. The van der Waals surface area contributed by atoms with Gasteiger partial charge in [0.1, 0.15) is 17.6 Å². The highest BCUT2D eigenvalue weighted by Gasteiger charge is 2.24. The number of ether oxygens (including phenoxy) is 1. The molecule has 4 rings (SSSR count). The van der Waals surface area contributed by atoms with Gasteiger partial charge in [0.2, 0.25) is 0 Å². The molecule has 180 valence electrons. The molecule has 3 aromatic carbocycles. The highest BCUT2D eigenvalue weighted by molar-refractivity contribution is 7.92. The Balaban J connectivity index is 1.57. The van der Waals surface area contributed by atoms with Crippen LogP contribution in [0.1, 0.15) is 27.8 Å². The number of benzene rings is 3. The Morgan fingerprint density at radius 1 is 1.00 bits per heavy atom. The summed E-state index contributed by atoms with van der Waals surface area (Å²) in [7, 11) is 1.17. The number of amides is 1. The van der Waals surface area contributed by atoms with Gasteiger partial charge in [-0.25, -0.2) is 13.4 Å². The third-order valence-electron chi connectivity index (χ3n) is 5.74. The number of imidazole rings is 1. The number of nitrogens with zero attached hydrogens (tertiary/aromatic N) is 3. The van der Waals surface area contributed by atoms with Crippen LogP contribution in [0.2, 0.25) is 0 Å². The van der Waals surface area contributed by atoms with Gasteiger partial charge in [-0.2, -0.15) is 0 Å². The molecule has 1 amide bonds. The van der Waals surface area contributed by atoms with E-state index in [2.05, 4.69) is 10.3 Å². The summed E-state index contributed by atoms with van der Waals surface area (Å²) in [6.07, 6.45) is 3.47. The molecule has 8 nitrogen and oxygen atoms in total. The SMILES string of the molecule is COc1ccc(C(NC(=O)c2ccc(S(=O)(=O)N(C)c3ccccc3)cc2)c2nccn2C)cc1. The summed E-state index contributed by atoms with van der Waals surface area (Å²) >= 11 is 0. The van der Waals surface area contributed by atoms with Crippen LogP contribution >= 0.6 is 0 Å². The number of carbonyl (C=O) groups excluding carboxylic acids is 1. The Hall–Kier alpha value is -4.11. The fraction of sp³-hybridized carbons (Fsp3) is 0.154. The van der Waals surface area contributed by atoms with Crippen molar-refractivity contribution in [3.05, 3.63) is 108 Å². The lowest BCUT2D eigenvalue weighted by atomic mass is 10.0. The Morgan fingerprint density at radius 2 is 1.66 bits per heavy atom. The third kappa shape index (κ3) is 5.04. The fourth-order valence-electron chi connectivity index (χ4n) is 3.68. The van der Waals surface area contributed by atoms with Crippen LogP contribution < -0.4 is 14.4 Å². The average Bonchev–Trinajstić information content (AvgIpc) is 3.32. The topological polar surface area (TPSA) is 93.5 Å². The lowest BCUT2D eigenvalue weighted by Crippen LogP contribution is -2.31. The van der Waals surface area contributed by atoms with Gasteiger partial charge in [0.25, 0.3) is 15.9 Å². The molecule has 0 aliphatic rings. The molecule has 0 aliphatic carbocycles. The number of hydrogen-bond acceptors (Lipinski definition) is 5. The van der Waals surface area contributed by atoms with E-state index >= 15 is 0 Å². The minimum Gasteiger partial charge on any atom is -0.497 e. The summed E-state index contributed by atoms with van der Waals surface area (Å²) in [5.74, 6) is 1.01. The van der Waals surface area contributed by atoms with E-state index in [4.69, 9.17) is 4.74 Å². The number of sulfonamides is 1. The predicted octanol–water partition coefficient (Wildman–Crippen LogP) is 3.77. The van der Waals surface area contributed by atoms with E-state index < -0.39 is 16.1 Å². The molecule has 35 heavy (non-hydrogen) atoms. The summed E-state index contributed by atoms with van der Waals surface area (Å²) in [4.78, 5) is 17.6. The van der Waals surface area contributed by atoms with Gasteiger partial charge < -0.3 is 14.6 Å². The molecule has 1 aromatic heterocycles. The summed E-state index contributed by atoms with van der Waals surface area (Å²) in [6.45, 7) is 0. The second kappa shape index (κ2) is 10.0. The van der Waals surface area contributed by atoms with Crippen LogP contribution in [0.3, 0.4) is 0 Å². The van der Waals surface area contributed by atoms with Crippen LogP contribution in [-0.4, -0.2) is 38.0 Å². The van der Waals surface area contributed by atoms with Crippen molar-refractivity contribution in [3.8, 4) is 5.75 Å². The molecule has 0 radical (unpaired) electrons. The summed E-state index contributed by atoms with van der Waals surface area (Å²) in [6, 6.07) is 21.6. The zero-order valence-electron chi connectivity index (χ0n) is 19.6. The molecule has 1 heterocycles. The highest BCUT2D eigenvalue weighted by atomic mass is 32.2. The van der Waals surface area contributed by atoms with Gasteiger partial charge in [-0.15, -0.1) is 0 Å². The van der Waals surface area contributed by atoms with Crippen molar-refractivity contribution < 1.29 is 17.9 Å². The second-order valence-corrected chi connectivity index (χ2v) is 9.88. The van der Waals surface area contributed by atoms with E-state index in [1.165, 1.54) is 35.6 Å². The van der Waals surface area contributed by atoms with Gasteiger partial charge in [-0.05, 0) is 54.1 Å². The molecule has 1 unspecified atom stereocenters. The van der Waals surface area contributed by atoms with Crippen molar-refractivity contribution >= 4 is 21.6 Å². The standard InChI is InChI=1S/C26H26N4O4S/c1-29-18-17-27-25(29)24(19-9-13-22(34-3)14-10-19)28-26(31)20-11-15-23(16-12-20)35(32,33)30(2)21-7-5-4-6-8-21/h4-18,24H,1-3H3,(H,28,31). The first-order chi connectivity index (χ1) is 16.8. The van der Waals surface area contributed by atoms with E-state index in [-0.39, 0.29) is 10.8 Å². The molecule has 1 N–H and O–H groups in total. The first-order valence-electron chi connectivity index (χ1n) is 10.9. The monoisotopic (exact) mass is 490 g/mol. The number of carbonyl (C=O) groups is 1. The lowest BCUT2D eigenvalue weighted by Gasteiger charge is -2.20. The number of methoxy groups -OCH3 is 1. The molecule has 0 fully saturated rings. The molecule has 1 atom stereocenters. The van der Waals surface area contributed by atoms with Gasteiger partial charge >= 0.3 is 0 Å². The second-order valence-electron chi connectivity index (χ2n) is 7.91. The Labute approximate surface area is 204 Å². The molecule has 0 aliphatic heterocycles. The van der Waals surface area contributed by atoms with Crippen LogP contribution in [0.15, 0.2) is 96.2 Å². The van der Waals surface area contributed by atoms with Crippen LogP contribution in [-0.2, 0) is 17.1 Å². The quantitative estimate of drug-likeness (QED) is 0.406. The first kappa shape index (κ1) is 24.0. The van der Waals surface area contributed by atoms with E-state index in [9.17, 15) is 13.2 Å². The minimum absolute atomic E-state index is 0.0937. The van der Waals surface area contributed by atoms with Gasteiger partial charge in [0.05, 0.1) is 17.7 Å². The number of rotatable bonds is 8. The Morgan fingerprint density at radius 3 is 2.23 bits per heavy atom. The summed E-state index contributed by atoms with van der Waals surface area (Å²) < 4.78 is 34.3. The fourth-order valence-corrected chi connectivity index (χ4v) is 4.87. The van der Waals surface area contributed by atoms with Crippen molar-refractivity contribution in [2.45, 2.75) is 10.9 Å². The van der Waals surface area contributed by atoms with Crippen LogP contribution in [0, 0.1) is 0 Å². The van der Waals surface area contributed by atoms with Gasteiger partial charge in [-0.3, -0.25) is 9.10 Å². The van der Waals surface area contributed by atoms with Crippen LogP contribution in [0.5, 0.6) is 5.75 Å². The van der Waals surface area contributed by atoms with E-state index in [1.54, 1.807) is 43.8 Å². The number of anilines is 1. The lowest BCUT2D eigenvalue weighted by molar-refractivity contribution is 0.0941. The van der Waals surface area contributed by atoms with Crippen molar-refractivity contribution in [1.29, 1.82) is 0 Å². The van der Waals surface area contributed by atoms with Gasteiger partial charge in [-0.1, -0.05) is 30.3 Å². The highest BCUT2D eigenvalue weighted by Crippen LogP contribution is 2.25. The zero-order valence-corrected chi connectivity index (χ0v) is 20.4. The molecular formula is C26H26N4O4S. The third-order valence-corrected chi connectivity index (χ3v) is 7.54. The van der Waals surface area contributed by atoms with Crippen molar-refractivity contribution in [2.75, 3.05) is 18.5 Å². The molecular weight excluding hydrogens is 464 g/mol. The summed E-state index contributed by atoms with van der Waals surface area (Å²) in [5, 5.41) is 3.01. The van der Waals surface area contributed by atoms with Crippen LogP contribution in [0.25, 0.3) is 0 Å². The van der Waals surface area contributed by atoms with Gasteiger partial charge in [0, 0.05) is 32.1 Å². The van der Waals surface area contributed by atoms with Crippen molar-refractivity contribution in [3.63, 3.8) is 0 Å². The zero-order chi connectivity index (χ0) is 25.0. The number of para-hydroxylation sites is 1. The number of aryl methyl sites for hydroxylation is 1. The number of aromatic nitrogens is 2. The number of nitrogens with one attached hydrogen (secondary N) is 1. The van der Waals surface area contributed by atoms with E-state index in [0.29, 0.717) is 22.8 Å². The van der Waals surface area contributed by atoms with E-state index in [1.807, 2.05) is 41.9 Å². The van der Waals surface area contributed by atoms with Crippen LogP contribution in [0.4, 0.5) is 5.69 Å². The molecule has 4 aromatic rings. The Kier molecular flexibility index (Phi) is 6.88. The summed E-state index contributed by atoms with van der Waals surface area (Å²) in [5.41, 5.74) is 1.71. The molecule has 0 spiro atoms. The molecule has 0 saturated heterocycles. The van der Waals surface area contributed by atoms with Crippen molar-refractivity contribution in [2.24, 2.45) is 7.05 Å². The average molecular weight is 491 g/mol. The largest absolute Gasteiger partial charge is 0.497 e. The smallest absolute Gasteiger partial charge is 0.264 e. The molecule has 0 bridgehead atoms. The van der Waals surface area contributed by atoms with E-state index in [0.717, 1.165) is 5.56 Å². The maximum atomic E-state index is 13.1. The predicted molar refractivity (Wildman–Crippen MR) is 134 cm³/mol. The normalized spacial score (nSPS) is 12.1. The maximum Gasteiger partial charge on any atom is 0.264 e. The number of hydrogen-bond donors (Lipinski definition) is 1. The Bertz CT molecular complexity index is 1400. The molecule has 9 heteroatoms. The van der Waals surface area contributed by atoms with Crippen molar-refractivity contribution in [1.82, 2.24) is 14.9 Å². The van der Waals surface area contributed by atoms with Gasteiger partial charge in [0.15, 0.2) is 0 Å².